The summed E-state index contributed by atoms with van der Waals surface area (Å²) in [5.74, 6) is 0.0736. The zero-order chi connectivity index (χ0) is 13.0. The smallest absolute Gasteiger partial charge is 0.306 e. The number of benzene rings is 1. The van der Waals surface area contributed by atoms with Crippen LogP contribution in [0.1, 0.15) is 30.9 Å². The van der Waals surface area contributed by atoms with Crippen LogP contribution in [0.15, 0.2) is 23.1 Å². The molecule has 3 nitrogen and oxygen atoms in total. The maximum absolute atomic E-state index is 12.1. The third-order valence-electron chi connectivity index (χ3n) is 3.13. The minimum Gasteiger partial charge on any atom is -0.466 e. The summed E-state index contributed by atoms with van der Waals surface area (Å²) in [5, 5.41) is 0. The van der Waals surface area contributed by atoms with E-state index in [4.69, 9.17) is 4.74 Å². The Kier molecular flexibility index (Phi) is 4.53. The van der Waals surface area contributed by atoms with Crippen LogP contribution in [-0.4, -0.2) is 22.5 Å². The molecule has 0 amide bonds. The van der Waals surface area contributed by atoms with Crippen molar-refractivity contribution in [2.45, 2.75) is 37.5 Å². The first-order valence-electron chi connectivity index (χ1n) is 6.36. The second-order valence-electron chi connectivity index (χ2n) is 4.39. The van der Waals surface area contributed by atoms with E-state index in [-0.39, 0.29) is 12.4 Å². The Hall–Kier alpha value is -1.16. The third kappa shape index (κ3) is 3.19. The molecule has 1 atom stereocenters. The van der Waals surface area contributed by atoms with Gasteiger partial charge in [-0.05, 0) is 49.4 Å². The fraction of sp³-hybridized carbons (Fsp3) is 0.500. The van der Waals surface area contributed by atoms with E-state index in [1.54, 1.807) is 6.92 Å². The molecule has 0 fully saturated rings. The van der Waals surface area contributed by atoms with Crippen LogP contribution in [0.2, 0.25) is 0 Å². The number of carbonyl (C=O) groups excluding carboxylic acids is 1. The molecule has 0 spiro atoms. The number of rotatable bonds is 5. The van der Waals surface area contributed by atoms with Crippen LogP contribution in [0, 0.1) is 0 Å². The average molecular weight is 266 g/mol. The van der Waals surface area contributed by atoms with Crippen molar-refractivity contribution in [1.82, 2.24) is 0 Å². The highest BCUT2D eigenvalue weighted by molar-refractivity contribution is 7.85. The normalized spacial score (nSPS) is 15.2. The molecule has 1 aromatic carbocycles. The molecule has 1 unspecified atom stereocenters. The summed E-state index contributed by atoms with van der Waals surface area (Å²) in [4.78, 5) is 12.0. The molecule has 0 saturated heterocycles. The highest BCUT2D eigenvalue weighted by Crippen LogP contribution is 2.24. The predicted molar refractivity (Wildman–Crippen MR) is 71.0 cm³/mol. The van der Waals surface area contributed by atoms with E-state index in [1.165, 1.54) is 17.5 Å². The summed E-state index contributed by atoms with van der Waals surface area (Å²) in [5.41, 5.74) is 2.69. The van der Waals surface area contributed by atoms with E-state index < -0.39 is 10.8 Å². The van der Waals surface area contributed by atoms with Gasteiger partial charge in [0.15, 0.2) is 0 Å². The SMILES string of the molecule is CCOC(=O)CCS(=O)c1ccc2c(c1)CCC2. The number of carbonyl (C=O) groups is 1. The van der Waals surface area contributed by atoms with Crippen molar-refractivity contribution < 1.29 is 13.7 Å². The van der Waals surface area contributed by atoms with Crippen molar-refractivity contribution in [3.63, 3.8) is 0 Å². The molecule has 0 bridgehead atoms. The van der Waals surface area contributed by atoms with Gasteiger partial charge in [0.05, 0.1) is 23.8 Å². The lowest BCUT2D eigenvalue weighted by Gasteiger charge is -2.05. The van der Waals surface area contributed by atoms with Crippen LogP contribution in [0.4, 0.5) is 0 Å². The molecule has 0 radical (unpaired) electrons. The fourth-order valence-corrected chi connectivity index (χ4v) is 3.30. The standard InChI is InChI=1S/C14H18O3S/c1-2-17-14(15)8-9-18(16)13-7-6-11-4-3-5-12(11)10-13/h6-7,10H,2-5,8-9H2,1H3. The Bertz CT molecular complexity index is 468. The Morgan fingerprint density at radius 2 is 2.11 bits per heavy atom. The zero-order valence-electron chi connectivity index (χ0n) is 10.6. The van der Waals surface area contributed by atoms with E-state index in [0.717, 1.165) is 17.7 Å². The molecular weight excluding hydrogens is 248 g/mol. The average Bonchev–Trinajstić information content (AvgIpc) is 2.83. The molecule has 0 aromatic heterocycles. The van der Waals surface area contributed by atoms with Crippen LogP contribution in [-0.2, 0) is 33.2 Å². The van der Waals surface area contributed by atoms with Gasteiger partial charge in [-0.3, -0.25) is 9.00 Å². The van der Waals surface area contributed by atoms with Crippen molar-refractivity contribution in [2.24, 2.45) is 0 Å². The summed E-state index contributed by atoms with van der Waals surface area (Å²) in [6, 6.07) is 6.02. The van der Waals surface area contributed by atoms with E-state index in [2.05, 4.69) is 6.07 Å². The topological polar surface area (TPSA) is 43.4 Å². The van der Waals surface area contributed by atoms with Gasteiger partial charge in [0.25, 0.3) is 0 Å². The summed E-state index contributed by atoms with van der Waals surface area (Å²) >= 11 is 0. The van der Waals surface area contributed by atoms with E-state index in [0.29, 0.717) is 12.4 Å². The first-order chi connectivity index (χ1) is 8.70. The molecule has 98 valence electrons. The minimum absolute atomic E-state index is 0.220. The first-order valence-corrected chi connectivity index (χ1v) is 7.68. The quantitative estimate of drug-likeness (QED) is 0.768. The molecule has 1 aromatic rings. The third-order valence-corrected chi connectivity index (χ3v) is 4.48. The molecule has 1 aliphatic rings. The Balaban J connectivity index is 1.95. The molecule has 18 heavy (non-hydrogen) atoms. The molecule has 0 saturated carbocycles. The fourth-order valence-electron chi connectivity index (χ4n) is 2.22. The molecule has 4 heteroatoms. The van der Waals surface area contributed by atoms with Gasteiger partial charge in [-0.2, -0.15) is 0 Å². The summed E-state index contributed by atoms with van der Waals surface area (Å²) < 4.78 is 16.9. The Morgan fingerprint density at radius 3 is 2.89 bits per heavy atom. The first kappa shape index (κ1) is 13.3. The molecular formula is C14H18O3S. The van der Waals surface area contributed by atoms with Gasteiger partial charge in [-0.1, -0.05) is 6.07 Å². The van der Waals surface area contributed by atoms with E-state index >= 15 is 0 Å². The molecule has 1 aliphatic carbocycles. The van der Waals surface area contributed by atoms with E-state index in [9.17, 15) is 9.00 Å². The predicted octanol–water partition coefficient (Wildman–Crippen LogP) is 2.24. The number of hydrogen-bond donors (Lipinski definition) is 0. The molecule has 2 rings (SSSR count). The lowest BCUT2D eigenvalue weighted by Crippen LogP contribution is -2.09. The van der Waals surface area contributed by atoms with Crippen molar-refractivity contribution in [3.8, 4) is 0 Å². The van der Waals surface area contributed by atoms with E-state index in [1.807, 2.05) is 12.1 Å². The van der Waals surface area contributed by atoms with Crippen LogP contribution >= 0.6 is 0 Å². The molecule has 0 heterocycles. The monoisotopic (exact) mass is 266 g/mol. The minimum atomic E-state index is -1.10. The Morgan fingerprint density at radius 1 is 1.33 bits per heavy atom. The number of fused-ring (bicyclic) bond motifs is 1. The second kappa shape index (κ2) is 6.14. The van der Waals surface area contributed by atoms with Crippen molar-refractivity contribution in [3.05, 3.63) is 29.3 Å². The maximum Gasteiger partial charge on any atom is 0.306 e. The number of esters is 1. The van der Waals surface area contributed by atoms with Crippen LogP contribution in [0.5, 0.6) is 0 Å². The van der Waals surface area contributed by atoms with Gasteiger partial charge < -0.3 is 4.74 Å². The van der Waals surface area contributed by atoms with Gasteiger partial charge in [0.2, 0.25) is 0 Å². The van der Waals surface area contributed by atoms with Crippen molar-refractivity contribution >= 4 is 16.8 Å². The summed E-state index contributed by atoms with van der Waals surface area (Å²) in [6.07, 6.45) is 3.62. The van der Waals surface area contributed by atoms with Crippen LogP contribution < -0.4 is 0 Å². The number of ether oxygens (including phenoxy) is 1. The molecule has 0 aliphatic heterocycles. The van der Waals surface area contributed by atoms with Gasteiger partial charge in [0.1, 0.15) is 0 Å². The Labute approximate surface area is 110 Å². The van der Waals surface area contributed by atoms with Gasteiger partial charge in [-0.25, -0.2) is 0 Å². The van der Waals surface area contributed by atoms with Crippen LogP contribution in [0.3, 0.4) is 0 Å². The second-order valence-corrected chi connectivity index (χ2v) is 5.96. The molecule has 0 N–H and O–H groups in total. The maximum atomic E-state index is 12.1. The van der Waals surface area contributed by atoms with Crippen molar-refractivity contribution in [2.75, 3.05) is 12.4 Å². The number of aryl methyl sites for hydroxylation is 2. The lowest BCUT2D eigenvalue weighted by atomic mass is 10.1. The van der Waals surface area contributed by atoms with Crippen LogP contribution in [0.25, 0.3) is 0 Å². The van der Waals surface area contributed by atoms with Gasteiger partial charge >= 0.3 is 5.97 Å². The number of hydrogen-bond acceptors (Lipinski definition) is 3. The highest BCUT2D eigenvalue weighted by Gasteiger charge is 2.14. The summed E-state index contributed by atoms with van der Waals surface area (Å²) in [6.45, 7) is 2.15. The van der Waals surface area contributed by atoms with Crippen molar-refractivity contribution in [1.29, 1.82) is 0 Å². The van der Waals surface area contributed by atoms with Gasteiger partial charge in [0, 0.05) is 10.6 Å². The largest absolute Gasteiger partial charge is 0.466 e. The van der Waals surface area contributed by atoms with Gasteiger partial charge in [-0.15, -0.1) is 0 Å². The zero-order valence-corrected chi connectivity index (χ0v) is 11.4. The highest BCUT2D eigenvalue weighted by atomic mass is 32.2. The summed E-state index contributed by atoms with van der Waals surface area (Å²) in [7, 11) is -1.10. The lowest BCUT2D eigenvalue weighted by molar-refractivity contribution is -0.142.